The van der Waals surface area contributed by atoms with E-state index in [0.29, 0.717) is 5.41 Å². The van der Waals surface area contributed by atoms with Gasteiger partial charge in [-0.1, -0.05) is 13.8 Å². The van der Waals surface area contributed by atoms with Crippen LogP contribution in [0, 0.1) is 10.8 Å². The third-order valence-corrected chi connectivity index (χ3v) is 3.33. The SMILES string of the molecule is CC1(C)CCCN(c2cnccc2C(=N)N)C1. The summed E-state index contributed by atoms with van der Waals surface area (Å²) >= 11 is 0. The normalized spacial score (nSPS) is 19.1. The first-order chi connectivity index (χ1) is 7.99. The summed E-state index contributed by atoms with van der Waals surface area (Å²) in [7, 11) is 0. The molecule has 1 saturated heterocycles. The maximum atomic E-state index is 7.62. The fourth-order valence-electron chi connectivity index (χ4n) is 2.49. The molecule has 0 saturated carbocycles. The molecule has 4 nitrogen and oxygen atoms in total. The maximum Gasteiger partial charge on any atom is 0.125 e. The quantitative estimate of drug-likeness (QED) is 0.605. The van der Waals surface area contributed by atoms with Crippen LogP contribution in [-0.4, -0.2) is 23.9 Å². The molecule has 1 aliphatic heterocycles. The highest BCUT2D eigenvalue weighted by atomic mass is 15.2. The van der Waals surface area contributed by atoms with Gasteiger partial charge in [0.2, 0.25) is 0 Å². The topological polar surface area (TPSA) is 66.0 Å². The van der Waals surface area contributed by atoms with Crippen LogP contribution in [0.2, 0.25) is 0 Å². The van der Waals surface area contributed by atoms with Gasteiger partial charge in [-0.3, -0.25) is 10.4 Å². The highest BCUT2D eigenvalue weighted by Crippen LogP contribution is 2.32. The molecule has 1 aliphatic rings. The number of hydrogen-bond acceptors (Lipinski definition) is 3. The largest absolute Gasteiger partial charge is 0.384 e. The van der Waals surface area contributed by atoms with E-state index in [0.717, 1.165) is 24.3 Å². The van der Waals surface area contributed by atoms with Gasteiger partial charge in [0.05, 0.1) is 11.9 Å². The van der Waals surface area contributed by atoms with Crippen molar-refractivity contribution in [2.75, 3.05) is 18.0 Å². The Morgan fingerprint density at radius 1 is 1.53 bits per heavy atom. The smallest absolute Gasteiger partial charge is 0.125 e. The Morgan fingerprint density at radius 3 is 2.94 bits per heavy atom. The summed E-state index contributed by atoms with van der Waals surface area (Å²) in [6, 6.07) is 1.82. The minimum Gasteiger partial charge on any atom is -0.384 e. The van der Waals surface area contributed by atoms with E-state index in [1.54, 1.807) is 6.20 Å². The average molecular weight is 232 g/mol. The number of rotatable bonds is 2. The molecule has 1 fully saturated rings. The van der Waals surface area contributed by atoms with E-state index in [4.69, 9.17) is 11.1 Å². The lowest BCUT2D eigenvalue weighted by Crippen LogP contribution is -2.41. The van der Waals surface area contributed by atoms with E-state index >= 15 is 0 Å². The van der Waals surface area contributed by atoms with Gasteiger partial charge in [-0.25, -0.2) is 0 Å². The second kappa shape index (κ2) is 4.35. The number of hydrogen-bond donors (Lipinski definition) is 2. The summed E-state index contributed by atoms with van der Waals surface area (Å²) in [5.74, 6) is 0.116. The van der Waals surface area contributed by atoms with E-state index in [1.807, 2.05) is 12.3 Å². The first kappa shape index (κ1) is 11.9. The van der Waals surface area contributed by atoms with Crippen LogP contribution in [-0.2, 0) is 0 Å². The molecule has 92 valence electrons. The molecule has 0 radical (unpaired) electrons. The van der Waals surface area contributed by atoms with Crippen molar-refractivity contribution in [3.63, 3.8) is 0 Å². The molecule has 4 heteroatoms. The van der Waals surface area contributed by atoms with Crippen molar-refractivity contribution in [1.82, 2.24) is 4.98 Å². The van der Waals surface area contributed by atoms with Crippen LogP contribution >= 0.6 is 0 Å². The van der Waals surface area contributed by atoms with Crippen LogP contribution in [0.25, 0.3) is 0 Å². The Bertz CT molecular complexity index is 425. The number of amidine groups is 1. The summed E-state index contributed by atoms with van der Waals surface area (Å²) < 4.78 is 0. The number of nitrogens with one attached hydrogen (secondary N) is 1. The highest BCUT2D eigenvalue weighted by molar-refractivity contribution is 6.00. The number of nitrogen functional groups attached to an aromatic ring is 1. The Kier molecular flexibility index (Phi) is 3.05. The van der Waals surface area contributed by atoms with Gasteiger partial charge in [0, 0.05) is 24.8 Å². The lowest BCUT2D eigenvalue weighted by Gasteiger charge is -2.39. The highest BCUT2D eigenvalue weighted by Gasteiger charge is 2.27. The molecule has 0 aliphatic carbocycles. The number of nitrogens with two attached hydrogens (primary N) is 1. The van der Waals surface area contributed by atoms with Gasteiger partial charge in [0.1, 0.15) is 5.84 Å². The van der Waals surface area contributed by atoms with Gasteiger partial charge in [-0.2, -0.15) is 0 Å². The molecular weight excluding hydrogens is 212 g/mol. The molecule has 0 amide bonds. The minimum absolute atomic E-state index is 0.116. The summed E-state index contributed by atoms with van der Waals surface area (Å²) in [5.41, 5.74) is 7.72. The van der Waals surface area contributed by atoms with Crippen LogP contribution in [0.15, 0.2) is 18.5 Å². The van der Waals surface area contributed by atoms with Crippen molar-refractivity contribution >= 4 is 11.5 Å². The molecule has 0 unspecified atom stereocenters. The predicted octanol–water partition coefficient (Wildman–Crippen LogP) is 1.99. The van der Waals surface area contributed by atoms with E-state index in [1.165, 1.54) is 12.8 Å². The molecule has 2 heterocycles. The molecule has 0 aromatic carbocycles. The van der Waals surface area contributed by atoms with Crippen LogP contribution in [0.3, 0.4) is 0 Å². The first-order valence-corrected chi connectivity index (χ1v) is 6.03. The first-order valence-electron chi connectivity index (χ1n) is 6.03. The van der Waals surface area contributed by atoms with Crippen molar-refractivity contribution in [2.45, 2.75) is 26.7 Å². The molecule has 17 heavy (non-hydrogen) atoms. The Hall–Kier alpha value is -1.58. The van der Waals surface area contributed by atoms with E-state index in [9.17, 15) is 0 Å². The molecule has 1 aromatic rings. The summed E-state index contributed by atoms with van der Waals surface area (Å²) in [5, 5.41) is 7.62. The molecule has 3 N–H and O–H groups in total. The van der Waals surface area contributed by atoms with Crippen molar-refractivity contribution in [2.24, 2.45) is 11.1 Å². The fourth-order valence-corrected chi connectivity index (χ4v) is 2.49. The molecule has 0 spiro atoms. The lowest BCUT2D eigenvalue weighted by molar-refractivity contribution is 0.293. The van der Waals surface area contributed by atoms with Gasteiger partial charge in [-0.15, -0.1) is 0 Å². The minimum atomic E-state index is 0.116. The summed E-state index contributed by atoms with van der Waals surface area (Å²) in [6.45, 7) is 6.58. The van der Waals surface area contributed by atoms with Gasteiger partial charge < -0.3 is 10.6 Å². The van der Waals surface area contributed by atoms with Crippen molar-refractivity contribution < 1.29 is 0 Å². The number of aromatic nitrogens is 1. The average Bonchev–Trinajstić information content (AvgIpc) is 2.27. The molecule has 0 bridgehead atoms. The van der Waals surface area contributed by atoms with Crippen LogP contribution in [0.5, 0.6) is 0 Å². The number of anilines is 1. The van der Waals surface area contributed by atoms with Crippen molar-refractivity contribution in [3.05, 3.63) is 24.0 Å². The Balaban J connectivity index is 2.30. The molecule has 1 aromatic heterocycles. The molecule has 0 atom stereocenters. The Labute approximate surface area is 102 Å². The third kappa shape index (κ3) is 2.57. The Morgan fingerprint density at radius 2 is 2.29 bits per heavy atom. The van der Waals surface area contributed by atoms with Crippen LogP contribution < -0.4 is 10.6 Å². The summed E-state index contributed by atoms with van der Waals surface area (Å²) in [4.78, 5) is 6.46. The zero-order valence-corrected chi connectivity index (χ0v) is 10.5. The van der Waals surface area contributed by atoms with Gasteiger partial charge in [0.25, 0.3) is 0 Å². The number of piperidine rings is 1. The molecular formula is C13H20N4. The van der Waals surface area contributed by atoms with Gasteiger partial charge in [-0.05, 0) is 24.3 Å². The number of pyridine rings is 1. The van der Waals surface area contributed by atoms with Crippen LogP contribution in [0.1, 0.15) is 32.3 Å². The van der Waals surface area contributed by atoms with Crippen LogP contribution in [0.4, 0.5) is 5.69 Å². The van der Waals surface area contributed by atoms with Gasteiger partial charge >= 0.3 is 0 Å². The van der Waals surface area contributed by atoms with E-state index < -0.39 is 0 Å². The summed E-state index contributed by atoms with van der Waals surface area (Å²) in [6.07, 6.45) is 5.94. The maximum absolute atomic E-state index is 7.62. The number of nitrogens with zero attached hydrogens (tertiary/aromatic N) is 2. The fraction of sp³-hybridized carbons (Fsp3) is 0.538. The van der Waals surface area contributed by atoms with Crippen molar-refractivity contribution in [3.8, 4) is 0 Å². The zero-order valence-electron chi connectivity index (χ0n) is 10.5. The molecule has 2 rings (SSSR count). The second-order valence-corrected chi connectivity index (χ2v) is 5.50. The second-order valence-electron chi connectivity index (χ2n) is 5.50. The van der Waals surface area contributed by atoms with Crippen molar-refractivity contribution in [1.29, 1.82) is 5.41 Å². The monoisotopic (exact) mass is 232 g/mol. The predicted molar refractivity (Wildman–Crippen MR) is 70.5 cm³/mol. The standard InChI is InChI=1S/C13H20N4/c1-13(2)5-3-7-17(9-13)11-8-16-6-4-10(11)12(14)15/h4,6,8H,3,5,7,9H2,1-2H3,(H3,14,15). The van der Waals surface area contributed by atoms with E-state index in [2.05, 4.69) is 23.7 Å². The zero-order chi connectivity index (χ0) is 12.5. The lowest BCUT2D eigenvalue weighted by atomic mass is 9.84. The third-order valence-electron chi connectivity index (χ3n) is 3.33. The van der Waals surface area contributed by atoms with E-state index in [-0.39, 0.29) is 5.84 Å². The van der Waals surface area contributed by atoms with Gasteiger partial charge in [0.15, 0.2) is 0 Å².